The van der Waals surface area contributed by atoms with E-state index in [4.69, 9.17) is 9.26 Å². The minimum Gasteiger partial charge on any atom is -0.465 e. The standard InChI is InChI=1S/C5H12BO3PS/c1-4(7)8-2-5(11-6)3-9-10/h5H,2-3,6,10H2,1H3. The quantitative estimate of drug-likeness (QED) is 0.350. The molecule has 0 N–H and O–H groups in total. The molecule has 0 spiro atoms. The van der Waals surface area contributed by atoms with Crippen LogP contribution in [-0.2, 0) is 14.1 Å². The van der Waals surface area contributed by atoms with E-state index in [9.17, 15) is 4.79 Å². The predicted octanol–water partition coefficient (Wildman–Crippen LogP) is 0.00610. The molecule has 0 saturated carbocycles. The third-order valence-electron chi connectivity index (χ3n) is 1.09. The van der Waals surface area contributed by atoms with Crippen LogP contribution in [0.1, 0.15) is 6.92 Å². The van der Waals surface area contributed by atoms with Gasteiger partial charge in [-0.15, -0.1) is 0 Å². The molecule has 64 valence electrons. The van der Waals surface area contributed by atoms with Gasteiger partial charge in [-0.25, -0.2) is 11.6 Å². The smallest absolute Gasteiger partial charge is 0.302 e. The van der Waals surface area contributed by atoms with Gasteiger partial charge in [0.1, 0.15) is 6.61 Å². The van der Waals surface area contributed by atoms with Crippen LogP contribution < -0.4 is 0 Å². The van der Waals surface area contributed by atoms with E-state index in [0.717, 1.165) is 0 Å². The van der Waals surface area contributed by atoms with Crippen molar-refractivity contribution in [2.24, 2.45) is 0 Å². The van der Waals surface area contributed by atoms with Crippen molar-refractivity contribution in [1.82, 2.24) is 0 Å². The number of ether oxygens (including phenoxy) is 1. The minimum atomic E-state index is -0.243. The van der Waals surface area contributed by atoms with Crippen LogP contribution in [0.3, 0.4) is 0 Å². The van der Waals surface area contributed by atoms with Crippen LogP contribution in [0.4, 0.5) is 0 Å². The Hall–Kier alpha value is 0.275. The molecule has 2 atom stereocenters. The van der Waals surface area contributed by atoms with Crippen LogP contribution in [0, 0.1) is 0 Å². The fourth-order valence-electron chi connectivity index (χ4n) is 0.502. The molecule has 0 heterocycles. The number of carbonyl (C=O) groups is 1. The van der Waals surface area contributed by atoms with Gasteiger partial charge < -0.3 is 9.26 Å². The molecule has 2 unspecified atom stereocenters. The van der Waals surface area contributed by atoms with Gasteiger partial charge in [0, 0.05) is 16.4 Å². The van der Waals surface area contributed by atoms with Crippen molar-refractivity contribution >= 4 is 34.2 Å². The fraction of sp³-hybridized carbons (Fsp3) is 0.800. The molecule has 0 rings (SSSR count). The molecule has 0 aliphatic heterocycles. The number of esters is 1. The van der Waals surface area contributed by atoms with Gasteiger partial charge in [0.2, 0.25) is 0 Å². The maximum absolute atomic E-state index is 10.4. The lowest BCUT2D eigenvalue weighted by molar-refractivity contribution is -0.140. The Morgan fingerprint density at radius 2 is 2.36 bits per heavy atom. The largest absolute Gasteiger partial charge is 0.465 e. The van der Waals surface area contributed by atoms with Crippen molar-refractivity contribution < 1.29 is 14.1 Å². The molecule has 0 aromatic rings. The summed E-state index contributed by atoms with van der Waals surface area (Å²) in [6.45, 7) is 2.41. The van der Waals surface area contributed by atoms with E-state index < -0.39 is 0 Å². The first-order valence-corrected chi connectivity index (χ1v) is 4.94. The normalized spacial score (nSPS) is 12.5. The Balaban J connectivity index is 3.43. The van der Waals surface area contributed by atoms with E-state index in [1.165, 1.54) is 6.92 Å². The van der Waals surface area contributed by atoms with Crippen LogP contribution in [-0.4, -0.2) is 31.6 Å². The lowest BCUT2D eigenvalue weighted by Gasteiger charge is -2.12. The molecular formula is C5H12BO3PS. The van der Waals surface area contributed by atoms with Crippen molar-refractivity contribution in [3.8, 4) is 0 Å². The molecule has 0 aliphatic rings. The van der Waals surface area contributed by atoms with Gasteiger partial charge in [0.25, 0.3) is 0 Å². The highest BCUT2D eigenvalue weighted by Crippen LogP contribution is 2.07. The summed E-state index contributed by atoms with van der Waals surface area (Å²) in [6, 6.07) is 0. The maximum Gasteiger partial charge on any atom is 0.302 e. The maximum atomic E-state index is 10.4. The Morgan fingerprint density at radius 1 is 1.73 bits per heavy atom. The zero-order valence-electron chi connectivity index (χ0n) is 6.70. The lowest BCUT2D eigenvalue weighted by atomic mass is 10.5. The third kappa shape index (κ3) is 6.66. The molecular weight excluding hydrogens is 182 g/mol. The van der Waals surface area contributed by atoms with E-state index in [-0.39, 0.29) is 11.2 Å². The second kappa shape index (κ2) is 6.95. The van der Waals surface area contributed by atoms with Crippen LogP contribution in [0.15, 0.2) is 0 Å². The van der Waals surface area contributed by atoms with Crippen LogP contribution >= 0.6 is 21.1 Å². The van der Waals surface area contributed by atoms with Gasteiger partial charge in [-0.1, -0.05) is 0 Å². The molecule has 0 saturated heterocycles. The van der Waals surface area contributed by atoms with E-state index in [0.29, 0.717) is 13.2 Å². The number of hydrogen-bond donors (Lipinski definition) is 0. The molecule has 0 aromatic heterocycles. The summed E-state index contributed by atoms with van der Waals surface area (Å²) < 4.78 is 9.63. The second-order valence-corrected chi connectivity index (χ2v) is 3.47. The Bertz CT molecular complexity index is 124. The SMILES string of the molecule is BSC(COP)COC(C)=O. The average molecular weight is 194 g/mol. The van der Waals surface area contributed by atoms with Crippen molar-refractivity contribution in [3.05, 3.63) is 0 Å². The molecule has 0 aliphatic carbocycles. The summed E-state index contributed by atoms with van der Waals surface area (Å²) in [6.07, 6.45) is 0. The highest BCUT2D eigenvalue weighted by atomic mass is 32.2. The van der Waals surface area contributed by atoms with Crippen molar-refractivity contribution in [1.29, 1.82) is 0 Å². The topological polar surface area (TPSA) is 35.5 Å². The molecule has 11 heavy (non-hydrogen) atoms. The average Bonchev–Trinajstić information content (AvgIpc) is 1.97. The molecule has 0 bridgehead atoms. The molecule has 0 amide bonds. The van der Waals surface area contributed by atoms with E-state index >= 15 is 0 Å². The highest BCUT2D eigenvalue weighted by Gasteiger charge is 2.07. The van der Waals surface area contributed by atoms with Crippen molar-refractivity contribution in [2.45, 2.75) is 12.2 Å². The summed E-state index contributed by atoms with van der Waals surface area (Å²) in [7, 11) is 4.13. The van der Waals surface area contributed by atoms with Gasteiger partial charge in [-0.3, -0.25) is 4.79 Å². The summed E-state index contributed by atoms with van der Waals surface area (Å²) >= 11 is 1.62. The van der Waals surface area contributed by atoms with Crippen LogP contribution in [0.5, 0.6) is 0 Å². The van der Waals surface area contributed by atoms with Crippen molar-refractivity contribution in [2.75, 3.05) is 13.2 Å². The van der Waals surface area contributed by atoms with E-state index in [1.807, 2.05) is 7.12 Å². The summed E-state index contributed by atoms with van der Waals surface area (Å²) in [5.74, 6) is -0.243. The monoisotopic (exact) mass is 194 g/mol. The van der Waals surface area contributed by atoms with Gasteiger partial charge in [-0.2, -0.15) is 0 Å². The fourth-order valence-corrected chi connectivity index (χ4v) is 1.29. The first-order valence-electron chi connectivity index (χ1n) is 3.18. The Labute approximate surface area is 74.2 Å². The van der Waals surface area contributed by atoms with Gasteiger partial charge >= 0.3 is 5.97 Å². The third-order valence-corrected chi connectivity index (χ3v) is 2.22. The highest BCUT2D eigenvalue weighted by molar-refractivity contribution is 8.20. The van der Waals surface area contributed by atoms with E-state index in [2.05, 4.69) is 9.47 Å². The molecule has 3 nitrogen and oxygen atoms in total. The predicted molar refractivity (Wildman–Crippen MR) is 52.2 cm³/mol. The number of hydrogen-bond acceptors (Lipinski definition) is 4. The summed E-state index contributed by atoms with van der Waals surface area (Å²) in [4.78, 5) is 10.4. The lowest BCUT2D eigenvalue weighted by Crippen LogP contribution is -2.18. The molecule has 0 aromatic carbocycles. The Kier molecular flexibility index (Phi) is 7.13. The molecule has 0 fully saturated rings. The zero-order valence-corrected chi connectivity index (χ0v) is 8.67. The van der Waals surface area contributed by atoms with Gasteiger partial charge in [0.05, 0.1) is 11.9 Å². The Morgan fingerprint density at radius 3 is 2.73 bits per heavy atom. The van der Waals surface area contributed by atoms with Crippen LogP contribution in [0.25, 0.3) is 0 Å². The number of carbonyl (C=O) groups excluding carboxylic acids is 1. The molecule has 0 radical (unpaired) electrons. The minimum absolute atomic E-state index is 0.233. The summed E-state index contributed by atoms with van der Waals surface area (Å²) in [5.41, 5.74) is 0. The first kappa shape index (κ1) is 11.3. The van der Waals surface area contributed by atoms with E-state index in [1.54, 1.807) is 11.6 Å². The van der Waals surface area contributed by atoms with Gasteiger partial charge in [0.15, 0.2) is 7.12 Å². The zero-order chi connectivity index (χ0) is 8.69. The second-order valence-electron chi connectivity index (χ2n) is 1.99. The van der Waals surface area contributed by atoms with Gasteiger partial charge in [-0.05, 0) is 0 Å². The van der Waals surface area contributed by atoms with Crippen LogP contribution in [0.2, 0.25) is 0 Å². The van der Waals surface area contributed by atoms with Crippen molar-refractivity contribution in [3.63, 3.8) is 0 Å². The summed E-state index contributed by atoms with van der Waals surface area (Å²) in [5, 5.41) is 0.233. The number of rotatable bonds is 5. The first-order chi connectivity index (χ1) is 5.20. The molecule has 6 heteroatoms.